The highest BCUT2D eigenvalue weighted by molar-refractivity contribution is 5.28. The van der Waals surface area contributed by atoms with Gasteiger partial charge in [-0.25, -0.2) is 0 Å². The first-order valence-corrected chi connectivity index (χ1v) is 7.74. The minimum absolute atomic E-state index is 0.628. The summed E-state index contributed by atoms with van der Waals surface area (Å²) in [5, 5.41) is 3.67. The molecular formula is C17H27NO. The molecule has 1 fully saturated rings. The lowest BCUT2D eigenvalue weighted by molar-refractivity contribution is 0.316. The minimum Gasteiger partial charge on any atom is -0.494 e. The average Bonchev–Trinajstić information content (AvgIpc) is 2.97. The van der Waals surface area contributed by atoms with Crippen LogP contribution in [-0.2, 0) is 6.54 Å². The Kier molecular flexibility index (Phi) is 5.71. The third kappa shape index (κ3) is 4.54. The van der Waals surface area contributed by atoms with Gasteiger partial charge in [0, 0.05) is 12.6 Å². The number of benzene rings is 1. The molecule has 106 valence electrons. The Balaban J connectivity index is 1.81. The second kappa shape index (κ2) is 7.54. The summed E-state index contributed by atoms with van der Waals surface area (Å²) in [6.45, 7) is 6.21. The zero-order chi connectivity index (χ0) is 13.5. The van der Waals surface area contributed by atoms with Gasteiger partial charge in [0.1, 0.15) is 5.75 Å². The van der Waals surface area contributed by atoms with Gasteiger partial charge in [0.2, 0.25) is 0 Å². The molecule has 1 saturated carbocycles. The lowest BCUT2D eigenvalue weighted by atomic mass is 9.99. The zero-order valence-electron chi connectivity index (χ0n) is 12.3. The number of ether oxygens (including phenoxy) is 1. The standard InChI is InChI=1S/C17H27NO/c1-3-11-19-17-10-6-7-15(12-17)13-18-14(2)16-8-4-5-9-16/h6-7,10,12,14,16,18H,3-5,8-9,11,13H2,1-2H3. The fourth-order valence-corrected chi connectivity index (χ4v) is 2.87. The number of rotatable bonds is 7. The van der Waals surface area contributed by atoms with E-state index in [0.717, 1.165) is 31.2 Å². The van der Waals surface area contributed by atoms with Crippen molar-refractivity contribution in [1.82, 2.24) is 5.32 Å². The van der Waals surface area contributed by atoms with Gasteiger partial charge < -0.3 is 10.1 Å². The van der Waals surface area contributed by atoms with Gasteiger partial charge in [-0.2, -0.15) is 0 Å². The van der Waals surface area contributed by atoms with Crippen molar-refractivity contribution >= 4 is 0 Å². The van der Waals surface area contributed by atoms with Crippen LogP contribution in [-0.4, -0.2) is 12.6 Å². The molecule has 0 bridgehead atoms. The fraction of sp³-hybridized carbons (Fsp3) is 0.647. The van der Waals surface area contributed by atoms with Gasteiger partial charge in [0.05, 0.1) is 6.61 Å². The van der Waals surface area contributed by atoms with Crippen molar-refractivity contribution in [3.8, 4) is 5.75 Å². The van der Waals surface area contributed by atoms with Crippen LogP contribution in [0.25, 0.3) is 0 Å². The molecule has 0 saturated heterocycles. The van der Waals surface area contributed by atoms with E-state index in [1.54, 1.807) is 0 Å². The Morgan fingerprint density at radius 1 is 1.32 bits per heavy atom. The second-order valence-electron chi connectivity index (χ2n) is 5.71. The fourth-order valence-electron chi connectivity index (χ4n) is 2.87. The molecule has 2 heteroatoms. The predicted octanol–water partition coefficient (Wildman–Crippen LogP) is 4.14. The number of hydrogen-bond acceptors (Lipinski definition) is 2. The highest BCUT2D eigenvalue weighted by Crippen LogP contribution is 2.27. The van der Waals surface area contributed by atoms with Gasteiger partial charge >= 0.3 is 0 Å². The van der Waals surface area contributed by atoms with Crippen molar-refractivity contribution in [3.05, 3.63) is 29.8 Å². The Morgan fingerprint density at radius 2 is 2.11 bits per heavy atom. The molecule has 1 atom stereocenters. The number of hydrogen-bond donors (Lipinski definition) is 1. The summed E-state index contributed by atoms with van der Waals surface area (Å²) < 4.78 is 5.67. The molecular weight excluding hydrogens is 234 g/mol. The third-order valence-corrected chi connectivity index (χ3v) is 4.11. The summed E-state index contributed by atoms with van der Waals surface area (Å²) in [6.07, 6.45) is 6.68. The molecule has 1 aromatic carbocycles. The van der Waals surface area contributed by atoms with E-state index < -0.39 is 0 Å². The van der Waals surface area contributed by atoms with Gasteiger partial charge in [0.25, 0.3) is 0 Å². The third-order valence-electron chi connectivity index (χ3n) is 4.11. The zero-order valence-corrected chi connectivity index (χ0v) is 12.3. The molecule has 2 rings (SSSR count). The monoisotopic (exact) mass is 261 g/mol. The largest absolute Gasteiger partial charge is 0.494 e. The van der Waals surface area contributed by atoms with Crippen LogP contribution in [0, 0.1) is 5.92 Å². The molecule has 0 aliphatic heterocycles. The van der Waals surface area contributed by atoms with Crippen molar-refractivity contribution < 1.29 is 4.74 Å². The van der Waals surface area contributed by atoms with E-state index in [2.05, 4.69) is 37.4 Å². The molecule has 19 heavy (non-hydrogen) atoms. The molecule has 1 aliphatic rings. The Bertz CT molecular complexity index is 371. The molecule has 1 unspecified atom stereocenters. The average molecular weight is 261 g/mol. The molecule has 0 amide bonds. The maximum Gasteiger partial charge on any atom is 0.119 e. The normalized spacial score (nSPS) is 17.6. The molecule has 1 N–H and O–H groups in total. The lowest BCUT2D eigenvalue weighted by Crippen LogP contribution is -2.31. The highest BCUT2D eigenvalue weighted by atomic mass is 16.5. The molecule has 0 spiro atoms. The molecule has 0 aromatic heterocycles. The van der Waals surface area contributed by atoms with Crippen molar-refractivity contribution in [2.45, 2.75) is 58.5 Å². The van der Waals surface area contributed by atoms with E-state index in [1.165, 1.54) is 31.2 Å². The van der Waals surface area contributed by atoms with E-state index >= 15 is 0 Å². The van der Waals surface area contributed by atoms with Crippen molar-refractivity contribution in [2.75, 3.05) is 6.61 Å². The summed E-state index contributed by atoms with van der Waals surface area (Å²) in [7, 11) is 0. The van der Waals surface area contributed by atoms with Gasteiger partial charge in [-0.3, -0.25) is 0 Å². The Labute approximate surface area is 117 Å². The van der Waals surface area contributed by atoms with Crippen LogP contribution in [0.2, 0.25) is 0 Å². The smallest absolute Gasteiger partial charge is 0.119 e. The van der Waals surface area contributed by atoms with E-state index in [9.17, 15) is 0 Å². The molecule has 2 nitrogen and oxygen atoms in total. The van der Waals surface area contributed by atoms with Crippen LogP contribution >= 0.6 is 0 Å². The molecule has 0 radical (unpaired) electrons. The van der Waals surface area contributed by atoms with Crippen LogP contribution < -0.4 is 10.1 Å². The van der Waals surface area contributed by atoms with Crippen molar-refractivity contribution in [1.29, 1.82) is 0 Å². The first kappa shape index (κ1) is 14.4. The van der Waals surface area contributed by atoms with Crippen LogP contribution in [0.1, 0.15) is 51.5 Å². The van der Waals surface area contributed by atoms with Gasteiger partial charge in [-0.15, -0.1) is 0 Å². The van der Waals surface area contributed by atoms with Crippen LogP contribution in [0.15, 0.2) is 24.3 Å². The van der Waals surface area contributed by atoms with Crippen LogP contribution in [0.4, 0.5) is 0 Å². The van der Waals surface area contributed by atoms with Crippen molar-refractivity contribution in [3.63, 3.8) is 0 Å². The second-order valence-corrected chi connectivity index (χ2v) is 5.71. The van der Waals surface area contributed by atoms with Crippen LogP contribution in [0.3, 0.4) is 0 Å². The summed E-state index contributed by atoms with van der Waals surface area (Å²) >= 11 is 0. The maximum atomic E-state index is 5.67. The highest BCUT2D eigenvalue weighted by Gasteiger charge is 2.20. The maximum absolute atomic E-state index is 5.67. The summed E-state index contributed by atoms with van der Waals surface area (Å²) in [6, 6.07) is 9.08. The minimum atomic E-state index is 0.628. The molecule has 0 heterocycles. The topological polar surface area (TPSA) is 21.3 Å². The SMILES string of the molecule is CCCOc1cccc(CNC(C)C2CCCC2)c1. The van der Waals surface area contributed by atoms with E-state index in [0.29, 0.717) is 6.04 Å². The Hall–Kier alpha value is -1.02. The van der Waals surface area contributed by atoms with E-state index in [1.807, 2.05) is 6.07 Å². The predicted molar refractivity (Wildman–Crippen MR) is 80.5 cm³/mol. The van der Waals surface area contributed by atoms with Gasteiger partial charge in [-0.1, -0.05) is 31.9 Å². The van der Waals surface area contributed by atoms with Crippen LogP contribution in [0.5, 0.6) is 5.75 Å². The first-order valence-electron chi connectivity index (χ1n) is 7.74. The van der Waals surface area contributed by atoms with E-state index in [4.69, 9.17) is 4.74 Å². The quantitative estimate of drug-likeness (QED) is 0.796. The molecule has 1 aromatic rings. The van der Waals surface area contributed by atoms with E-state index in [-0.39, 0.29) is 0 Å². The summed E-state index contributed by atoms with van der Waals surface area (Å²) in [5.41, 5.74) is 1.32. The summed E-state index contributed by atoms with van der Waals surface area (Å²) in [4.78, 5) is 0. The van der Waals surface area contributed by atoms with Gasteiger partial charge in [-0.05, 0) is 49.8 Å². The lowest BCUT2D eigenvalue weighted by Gasteiger charge is -2.20. The first-order chi connectivity index (χ1) is 9.29. The summed E-state index contributed by atoms with van der Waals surface area (Å²) in [5.74, 6) is 1.87. The van der Waals surface area contributed by atoms with Gasteiger partial charge in [0.15, 0.2) is 0 Å². The van der Waals surface area contributed by atoms with Crippen molar-refractivity contribution in [2.24, 2.45) is 5.92 Å². The number of nitrogens with one attached hydrogen (secondary N) is 1. The molecule has 1 aliphatic carbocycles. The Morgan fingerprint density at radius 3 is 2.84 bits per heavy atom.